The van der Waals surface area contributed by atoms with Crippen LogP contribution in [0.3, 0.4) is 0 Å². The van der Waals surface area contributed by atoms with Gasteiger partial charge in [0.25, 0.3) is 0 Å². The molecule has 0 spiro atoms. The molecule has 1 aromatic carbocycles. The minimum Gasteiger partial charge on any atom is -0.391 e. The van der Waals surface area contributed by atoms with Crippen LogP contribution >= 0.6 is 0 Å². The van der Waals surface area contributed by atoms with E-state index in [2.05, 4.69) is 21.3 Å². The fourth-order valence-corrected chi connectivity index (χ4v) is 8.14. The van der Waals surface area contributed by atoms with E-state index in [1.807, 2.05) is 51.1 Å². The Balaban J connectivity index is 1.45. The first-order chi connectivity index (χ1) is 25.8. The quantitative estimate of drug-likeness (QED) is 0.172. The Labute approximate surface area is 321 Å². The van der Waals surface area contributed by atoms with Crippen LogP contribution in [-0.4, -0.2) is 106 Å². The van der Waals surface area contributed by atoms with Gasteiger partial charge in [0, 0.05) is 32.0 Å². The van der Waals surface area contributed by atoms with Crippen molar-refractivity contribution in [3.05, 3.63) is 35.9 Å². The number of nitrogens with one attached hydrogen (secondary N) is 4. The fourth-order valence-electron chi connectivity index (χ4n) is 8.14. The molecule has 3 aliphatic rings. The van der Waals surface area contributed by atoms with Gasteiger partial charge in [0.2, 0.25) is 35.4 Å². The molecule has 0 radical (unpaired) electrons. The van der Waals surface area contributed by atoms with E-state index in [0.717, 1.165) is 37.7 Å². The second-order valence-electron chi connectivity index (χ2n) is 16.0. The zero-order valence-electron chi connectivity index (χ0n) is 33.0. The molecule has 7 atom stereocenters. The number of hydrogen-bond donors (Lipinski definition) is 5. The van der Waals surface area contributed by atoms with Crippen molar-refractivity contribution in [2.45, 2.75) is 154 Å². The highest BCUT2D eigenvalue weighted by Gasteiger charge is 2.44. The number of carbonyl (C=O) groups is 6. The van der Waals surface area contributed by atoms with Crippen molar-refractivity contribution in [2.24, 2.45) is 11.8 Å². The number of amides is 6. The summed E-state index contributed by atoms with van der Waals surface area (Å²) in [6, 6.07) is 4.77. The molecule has 3 fully saturated rings. The van der Waals surface area contributed by atoms with Gasteiger partial charge in [-0.05, 0) is 69.8 Å². The van der Waals surface area contributed by atoms with E-state index < -0.39 is 59.9 Å². The lowest BCUT2D eigenvalue weighted by atomic mass is 9.86. The van der Waals surface area contributed by atoms with Crippen LogP contribution in [0.5, 0.6) is 0 Å². The molecule has 1 aromatic rings. The molecule has 2 saturated heterocycles. The third kappa shape index (κ3) is 11.5. The van der Waals surface area contributed by atoms with Crippen molar-refractivity contribution in [3.8, 4) is 0 Å². The molecule has 300 valence electrons. The monoisotopic (exact) mass is 752 g/mol. The van der Waals surface area contributed by atoms with Crippen molar-refractivity contribution in [3.63, 3.8) is 0 Å². The maximum absolute atomic E-state index is 14.1. The molecule has 54 heavy (non-hydrogen) atoms. The first-order valence-electron chi connectivity index (χ1n) is 20.3. The highest BCUT2D eigenvalue weighted by Crippen LogP contribution is 2.33. The molecule has 4 rings (SSSR count). The summed E-state index contributed by atoms with van der Waals surface area (Å²) < 4.78 is 0. The molecule has 2 aliphatic heterocycles. The van der Waals surface area contributed by atoms with E-state index in [0.29, 0.717) is 44.7 Å². The van der Waals surface area contributed by atoms with Crippen LogP contribution in [0.15, 0.2) is 30.3 Å². The number of hydrogen-bond acceptors (Lipinski definition) is 7. The van der Waals surface area contributed by atoms with E-state index >= 15 is 0 Å². The van der Waals surface area contributed by atoms with Crippen LogP contribution in [0.25, 0.3) is 0 Å². The van der Waals surface area contributed by atoms with E-state index in [-0.39, 0.29) is 30.2 Å². The molecule has 1 saturated carbocycles. The summed E-state index contributed by atoms with van der Waals surface area (Å²) >= 11 is 0. The summed E-state index contributed by atoms with van der Waals surface area (Å²) in [5.41, 5.74) is 0.951. The van der Waals surface area contributed by atoms with Gasteiger partial charge in [-0.15, -0.1) is 0 Å². The molecule has 0 bridgehead atoms. The summed E-state index contributed by atoms with van der Waals surface area (Å²) in [4.78, 5) is 84.7. The van der Waals surface area contributed by atoms with Crippen molar-refractivity contribution in [1.82, 2.24) is 31.1 Å². The number of carbonyl (C=O) groups excluding carboxylic acids is 6. The van der Waals surface area contributed by atoms with Crippen LogP contribution in [0.1, 0.15) is 123 Å². The van der Waals surface area contributed by atoms with Crippen molar-refractivity contribution < 1.29 is 33.9 Å². The highest BCUT2D eigenvalue weighted by molar-refractivity contribution is 5.97. The van der Waals surface area contributed by atoms with Crippen molar-refractivity contribution >= 4 is 35.4 Å². The lowest BCUT2D eigenvalue weighted by Crippen LogP contribution is -2.61. The van der Waals surface area contributed by atoms with Crippen LogP contribution in [-0.2, 0) is 28.8 Å². The summed E-state index contributed by atoms with van der Waals surface area (Å²) in [5, 5.41) is 21.6. The SMILES string of the molecule is CCCNC(=O)[C@@H](NC(=O)[C@@H]1CC(c2ccccc2)CN1C(=O)[C@H](C)NC(=O)[C@@H]1CCCCN1C(=O)[C@@H](NC(=O)CCC1CCCCC1)C(C)C)[C@@H](C)O. The maximum Gasteiger partial charge on any atom is 0.246 e. The Bertz CT molecular complexity index is 1430. The Morgan fingerprint density at radius 2 is 1.44 bits per heavy atom. The Kier molecular flexibility index (Phi) is 16.3. The van der Waals surface area contributed by atoms with Crippen LogP contribution in [0.4, 0.5) is 0 Å². The third-order valence-corrected chi connectivity index (χ3v) is 11.3. The highest BCUT2D eigenvalue weighted by atomic mass is 16.3. The number of aliphatic hydroxyl groups excluding tert-OH is 1. The summed E-state index contributed by atoms with van der Waals surface area (Å²) in [6.45, 7) is 9.63. The molecule has 5 N–H and O–H groups in total. The molecule has 1 unspecified atom stereocenters. The molecular formula is C41H64N6O7. The first kappa shape index (κ1) is 42.7. The van der Waals surface area contributed by atoms with E-state index in [1.54, 1.807) is 11.8 Å². The van der Waals surface area contributed by atoms with Gasteiger partial charge in [0.15, 0.2) is 0 Å². The number of benzene rings is 1. The van der Waals surface area contributed by atoms with E-state index in [1.165, 1.54) is 31.1 Å². The minimum atomic E-state index is -1.21. The zero-order chi connectivity index (χ0) is 39.4. The topological polar surface area (TPSA) is 177 Å². The standard InChI is InChI=1S/C41H64N6O7/c1-6-22-42-39(52)36(28(5)48)45-38(51)33-24-31(30-17-11-8-12-18-30)25-47(33)40(53)27(4)43-37(50)32-19-13-14-23-46(32)41(54)35(26(2)3)44-34(49)21-20-29-15-9-7-10-16-29/h8,11-12,17-18,26-29,31-33,35-36,48H,6-7,9-10,13-16,19-25H2,1-5H3,(H,42,52)(H,43,50)(H,44,49)(H,45,51)/t27-,28+,31?,32-,33-,35-,36-/m0/s1. The average molecular weight is 753 g/mol. The Morgan fingerprint density at radius 3 is 2.09 bits per heavy atom. The second-order valence-corrected chi connectivity index (χ2v) is 16.0. The zero-order valence-corrected chi connectivity index (χ0v) is 33.0. The predicted molar refractivity (Wildman–Crippen MR) is 206 cm³/mol. The van der Waals surface area contributed by atoms with Gasteiger partial charge in [-0.25, -0.2) is 0 Å². The van der Waals surface area contributed by atoms with Gasteiger partial charge in [-0.2, -0.15) is 0 Å². The van der Waals surface area contributed by atoms with Gasteiger partial charge < -0.3 is 36.2 Å². The smallest absolute Gasteiger partial charge is 0.246 e. The lowest BCUT2D eigenvalue weighted by Gasteiger charge is -2.38. The van der Waals surface area contributed by atoms with Gasteiger partial charge in [0.1, 0.15) is 30.2 Å². The number of aliphatic hydroxyl groups is 1. The van der Waals surface area contributed by atoms with Crippen molar-refractivity contribution in [2.75, 3.05) is 19.6 Å². The number of likely N-dealkylation sites (tertiary alicyclic amines) is 2. The fraction of sp³-hybridized carbons (Fsp3) is 0.707. The van der Waals surface area contributed by atoms with E-state index in [4.69, 9.17) is 0 Å². The number of piperidine rings is 1. The van der Waals surface area contributed by atoms with Crippen LogP contribution in [0, 0.1) is 11.8 Å². The largest absolute Gasteiger partial charge is 0.391 e. The summed E-state index contributed by atoms with van der Waals surface area (Å²) in [7, 11) is 0. The molecule has 13 nitrogen and oxygen atoms in total. The molecule has 2 heterocycles. The molecule has 0 aromatic heterocycles. The van der Waals surface area contributed by atoms with Gasteiger partial charge in [0.05, 0.1) is 6.10 Å². The first-order valence-corrected chi connectivity index (χ1v) is 20.3. The van der Waals surface area contributed by atoms with Gasteiger partial charge in [-0.1, -0.05) is 83.2 Å². The van der Waals surface area contributed by atoms with Crippen molar-refractivity contribution in [1.29, 1.82) is 0 Å². The van der Waals surface area contributed by atoms with Gasteiger partial charge in [-0.3, -0.25) is 28.8 Å². The Hall–Kier alpha value is -4.00. The minimum absolute atomic E-state index is 0.149. The number of nitrogens with zero attached hydrogens (tertiary/aromatic N) is 2. The van der Waals surface area contributed by atoms with Crippen LogP contribution in [0.2, 0.25) is 0 Å². The average Bonchev–Trinajstić information content (AvgIpc) is 3.63. The van der Waals surface area contributed by atoms with Crippen LogP contribution < -0.4 is 21.3 Å². The summed E-state index contributed by atoms with van der Waals surface area (Å²) in [6.07, 6.45) is 8.80. The van der Waals surface area contributed by atoms with E-state index in [9.17, 15) is 33.9 Å². The summed E-state index contributed by atoms with van der Waals surface area (Å²) in [5.74, 6) is -2.28. The predicted octanol–water partition coefficient (Wildman–Crippen LogP) is 3.15. The maximum atomic E-state index is 14.1. The molecule has 6 amide bonds. The normalized spacial score (nSPS) is 22.8. The second kappa shape index (κ2) is 20.6. The number of rotatable bonds is 16. The lowest BCUT2D eigenvalue weighted by molar-refractivity contribution is -0.147. The van der Waals surface area contributed by atoms with Gasteiger partial charge >= 0.3 is 0 Å². The third-order valence-electron chi connectivity index (χ3n) is 11.3. The molecular weight excluding hydrogens is 688 g/mol. The Morgan fingerprint density at radius 1 is 0.778 bits per heavy atom. The molecule has 13 heteroatoms. The molecule has 1 aliphatic carbocycles.